The van der Waals surface area contributed by atoms with Gasteiger partial charge in [0.2, 0.25) is 0 Å². The number of hydrogen-bond acceptors (Lipinski definition) is 1. The van der Waals surface area contributed by atoms with Crippen LogP contribution in [0, 0.1) is 5.92 Å². The van der Waals surface area contributed by atoms with Crippen molar-refractivity contribution in [2.24, 2.45) is 5.92 Å². The van der Waals surface area contributed by atoms with Crippen molar-refractivity contribution < 1.29 is 0 Å². The standard InChI is InChI=1S/C16H23N/c1-2-6-13(5-1)10-11-14-7-3-9-16-15(14)8-4-12-17-16/h3,7,9,13,17H,1-2,4-6,8,10-12H2. The van der Waals surface area contributed by atoms with Gasteiger partial charge in [-0.2, -0.15) is 0 Å². The molecule has 1 aliphatic heterocycles. The quantitative estimate of drug-likeness (QED) is 0.820. The van der Waals surface area contributed by atoms with Crippen LogP contribution in [0.5, 0.6) is 0 Å². The molecule has 1 fully saturated rings. The lowest BCUT2D eigenvalue weighted by Gasteiger charge is -2.21. The van der Waals surface area contributed by atoms with Crippen LogP contribution >= 0.6 is 0 Å². The summed E-state index contributed by atoms with van der Waals surface area (Å²) in [6, 6.07) is 6.81. The van der Waals surface area contributed by atoms with E-state index in [9.17, 15) is 0 Å². The molecule has 1 nitrogen and oxygen atoms in total. The second-order valence-electron chi connectivity index (χ2n) is 5.66. The van der Waals surface area contributed by atoms with Crippen LogP contribution in [0.2, 0.25) is 0 Å². The van der Waals surface area contributed by atoms with Crippen molar-refractivity contribution in [1.29, 1.82) is 0 Å². The van der Waals surface area contributed by atoms with Crippen LogP contribution in [0.1, 0.15) is 49.7 Å². The Kier molecular flexibility index (Phi) is 3.35. The van der Waals surface area contributed by atoms with Crippen molar-refractivity contribution in [3.8, 4) is 0 Å². The van der Waals surface area contributed by atoms with Crippen LogP contribution < -0.4 is 5.32 Å². The van der Waals surface area contributed by atoms with Gasteiger partial charge in [-0.15, -0.1) is 0 Å². The van der Waals surface area contributed by atoms with E-state index in [0.717, 1.165) is 12.5 Å². The lowest BCUT2D eigenvalue weighted by Crippen LogP contribution is -2.13. The third kappa shape index (κ3) is 2.48. The Hall–Kier alpha value is -0.980. The molecule has 1 saturated carbocycles. The Bertz CT molecular complexity index is 377. The Morgan fingerprint density at radius 3 is 2.88 bits per heavy atom. The van der Waals surface area contributed by atoms with E-state index >= 15 is 0 Å². The molecule has 1 N–H and O–H groups in total. The summed E-state index contributed by atoms with van der Waals surface area (Å²) in [5.41, 5.74) is 4.62. The maximum absolute atomic E-state index is 3.53. The first-order valence-corrected chi connectivity index (χ1v) is 7.28. The first-order chi connectivity index (χ1) is 8.43. The first-order valence-electron chi connectivity index (χ1n) is 7.28. The lowest BCUT2D eigenvalue weighted by molar-refractivity contribution is 0.502. The molecule has 1 aliphatic carbocycles. The molecular formula is C16H23N. The molecule has 2 aliphatic rings. The molecule has 1 heteroatoms. The van der Waals surface area contributed by atoms with Crippen LogP contribution in [0.4, 0.5) is 5.69 Å². The monoisotopic (exact) mass is 229 g/mol. The van der Waals surface area contributed by atoms with Gasteiger partial charge in [-0.05, 0) is 48.8 Å². The fourth-order valence-corrected chi connectivity index (χ4v) is 3.48. The molecular weight excluding hydrogens is 206 g/mol. The zero-order valence-electron chi connectivity index (χ0n) is 10.7. The molecule has 3 rings (SSSR count). The second-order valence-corrected chi connectivity index (χ2v) is 5.66. The Balaban J connectivity index is 1.69. The average molecular weight is 229 g/mol. The Morgan fingerprint density at radius 2 is 2.00 bits per heavy atom. The number of rotatable bonds is 3. The van der Waals surface area contributed by atoms with Crippen molar-refractivity contribution in [1.82, 2.24) is 0 Å². The van der Waals surface area contributed by atoms with E-state index in [4.69, 9.17) is 0 Å². The second kappa shape index (κ2) is 5.12. The number of hydrogen-bond donors (Lipinski definition) is 1. The van der Waals surface area contributed by atoms with E-state index in [1.165, 1.54) is 57.1 Å². The van der Waals surface area contributed by atoms with Gasteiger partial charge >= 0.3 is 0 Å². The zero-order chi connectivity index (χ0) is 11.5. The van der Waals surface area contributed by atoms with Gasteiger partial charge in [-0.3, -0.25) is 0 Å². The number of aryl methyl sites for hydroxylation is 1. The van der Waals surface area contributed by atoms with E-state index in [1.807, 2.05) is 0 Å². The fraction of sp³-hybridized carbons (Fsp3) is 0.625. The summed E-state index contributed by atoms with van der Waals surface area (Å²) in [6.45, 7) is 1.15. The van der Waals surface area contributed by atoms with Gasteiger partial charge in [0, 0.05) is 12.2 Å². The van der Waals surface area contributed by atoms with Crippen LogP contribution in [0.25, 0.3) is 0 Å². The molecule has 1 aromatic rings. The van der Waals surface area contributed by atoms with Gasteiger partial charge in [0.15, 0.2) is 0 Å². The van der Waals surface area contributed by atoms with Crippen molar-refractivity contribution in [2.75, 3.05) is 11.9 Å². The summed E-state index contributed by atoms with van der Waals surface area (Å²) < 4.78 is 0. The molecule has 0 unspecified atom stereocenters. The lowest BCUT2D eigenvalue weighted by atomic mass is 9.91. The number of fused-ring (bicyclic) bond motifs is 1. The minimum absolute atomic E-state index is 1.02. The number of anilines is 1. The van der Waals surface area contributed by atoms with Gasteiger partial charge in [-0.1, -0.05) is 37.8 Å². The third-order valence-corrected chi connectivity index (χ3v) is 4.49. The smallest absolute Gasteiger partial charge is 0.0375 e. The molecule has 92 valence electrons. The first kappa shape index (κ1) is 11.1. The Labute approximate surface area is 105 Å². The maximum atomic E-state index is 3.53. The molecule has 1 heterocycles. The molecule has 0 radical (unpaired) electrons. The van der Waals surface area contributed by atoms with Crippen LogP contribution in [0.15, 0.2) is 18.2 Å². The van der Waals surface area contributed by atoms with Gasteiger partial charge in [0.05, 0.1) is 0 Å². The summed E-state index contributed by atoms with van der Waals surface area (Å²) in [6.07, 6.45) is 11.2. The summed E-state index contributed by atoms with van der Waals surface area (Å²) in [5.74, 6) is 1.02. The number of benzene rings is 1. The summed E-state index contributed by atoms with van der Waals surface area (Å²) in [5, 5.41) is 3.53. The van der Waals surface area contributed by atoms with Gasteiger partial charge < -0.3 is 5.32 Å². The summed E-state index contributed by atoms with van der Waals surface area (Å²) in [7, 11) is 0. The van der Waals surface area contributed by atoms with Crippen molar-refractivity contribution in [2.45, 2.75) is 51.4 Å². The maximum Gasteiger partial charge on any atom is 0.0375 e. The third-order valence-electron chi connectivity index (χ3n) is 4.49. The van der Waals surface area contributed by atoms with Crippen LogP contribution in [0.3, 0.4) is 0 Å². The highest BCUT2D eigenvalue weighted by Crippen LogP contribution is 2.31. The van der Waals surface area contributed by atoms with E-state index in [0.29, 0.717) is 0 Å². The SMILES string of the molecule is c1cc(CCC2CCCC2)c2c(c1)NCCC2. The largest absolute Gasteiger partial charge is 0.385 e. The van der Waals surface area contributed by atoms with Gasteiger partial charge in [0.1, 0.15) is 0 Å². The zero-order valence-corrected chi connectivity index (χ0v) is 10.7. The highest BCUT2D eigenvalue weighted by atomic mass is 14.9. The highest BCUT2D eigenvalue weighted by molar-refractivity contribution is 5.56. The predicted molar refractivity (Wildman–Crippen MR) is 73.5 cm³/mol. The van der Waals surface area contributed by atoms with Crippen molar-refractivity contribution in [3.05, 3.63) is 29.3 Å². The average Bonchev–Trinajstić information content (AvgIpc) is 2.89. The summed E-state index contributed by atoms with van der Waals surface area (Å²) >= 11 is 0. The normalized spacial score (nSPS) is 20.0. The molecule has 1 aromatic carbocycles. The van der Waals surface area contributed by atoms with E-state index in [-0.39, 0.29) is 0 Å². The fourth-order valence-electron chi connectivity index (χ4n) is 3.48. The van der Waals surface area contributed by atoms with Gasteiger partial charge in [0.25, 0.3) is 0 Å². The summed E-state index contributed by atoms with van der Waals surface area (Å²) in [4.78, 5) is 0. The minimum Gasteiger partial charge on any atom is -0.385 e. The Morgan fingerprint density at radius 1 is 1.12 bits per heavy atom. The van der Waals surface area contributed by atoms with E-state index < -0.39 is 0 Å². The molecule has 0 spiro atoms. The van der Waals surface area contributed by atoms with Crippen LogP contribution in [-0.4, -0.2) is 6.54 Å². The molecule has 0 atom stereocenters. The molecule has 0 amide bonds. The minimum atomic E-state index is 1.02. The van der Waals surface area contributed by atoms with E-state index in [1.54, 1.807) is 11.1 Å². The molecule has 0 saturated heterocycles. The molecule has 0 bridgehead atoms. The highest BCUT2D eigenvalue weighted by Gasteiger charge is 2.17. The van der Waals surface area contributed by atoms with E-state index in [2.05, 4.69) is 23.5 Å². The topological polar surface area (TPSA) is 12.0 Å². The molecule has 0 aromatic heterocycles. The van der Waals surface area contributed by atoms with Crippen molar-refractivity contribution >= 4 is 5.69 Å². The number of nitrogens with one attached hydrogen (secondary N) is 1. The molecule has 17 heavy (non-hydrogen) atoms. The predicted octanol–water partition coefficient (Wildman–Crippen LogP) is 4.17. The van der Waals surface area contributed by atoms with Gasteiger partial charge in [-0.25, -0.2) is 0 Å². The van der Waals surface area contributed by atoms with Crippen molar-refractivity contribution in [3.63, 3.8) is 0 Å². The van der Waals surface area contributed by atoms with Crippen LogP contribution in [-0.2, 0) is 12.8 Å².